The van der Waals surface area contributed by atoms with Gasteiger partial charge in [-0.3, -0.25) is 9.89 Å². The Morgan fingerprint density at radius 3 is 2.50 bits per heavy atom. The first-order chi connectivity index (χ1) is 16.5. The molecular formula is C26H31N3O5. The van der Waals surface area contributed by atoms with E-state index in [0.29, 0.717) is 23.6 Å². The van der Waals surface area contributed by atoms with E-state index in [1.165, 1.54) is 14.2 Å². The van der Waals surface area contributed by atoms with Gasteiger partial charge in [-0.15, -0.1) is 0 Å². The highest BCUT2D eigenvalue weighted by Crippen LogP contribution is 2.28. The molecule has 0 saturated carbocycles. The van der Waals surface area contributed by atoms with Crippen LogP contribution in [-0.2, 0) is 16.0 Å². The number of amides is 1. The van der Waals surface area contributed by atoms with Crippen LogP contribution in [-0.4, -0.2) is 61.4 Å². The molecule has 8 heteroatoms. The third-order valence-corrected chi connectivity index (χ3v) is 5.47. The highest BCUT2D eigenvalue weighted by Gasteiger charge is 2.15. The first kappa shape index (κ1) is 24.8. The number of esters is 1. The second-order valence-corrected chi connectivity index (χ2v) is 7.91. The van der Waals surface area contributed by atoms with Crippen LogP contribution < -0.4 is 9.47 Å². The maximum absolute atomic E-state index is 12.8. The Bertz CT molecular complexity index is 1080. The van der Waals surface area contributed by atoms with Crippen molar-refractivity contribution in [2.45, 2.75) is 25.7 Å². The number of unbranched alkanes of at least 4 members (excludes halogenated alkanes) is 2. The van der Waals surface area contributed by atoms with E-state index in [9.17, 15) is 9.59 Å². The molecule has 0 unspecified atom stereocenters. The highest BCUT2D eigenvalue weighted by molar-refractivity contribution is 5.94. The van der Waals surface area contributed by atoms with Crippen LogP contribution in [0.25, 0.3) is 11.3 Å². The topological polar surface area (TPSA) is 93.8 Å². The van der Waals surface area contributed by atoms with Gasteiger partial charge in [0.05, 0.1) is 19.9 Å². The lowest BCUT2D eigenvalue weighted by atomic mass is 10.1. The number of hydrogen-bond acceptors (Lipinski definition) is 6. The summed E-state index contributed by atoms with van der Waals surface area (Å²) in [5.74, 6) is 0.170. The third-order valence-electron chi connectivity index (χ3n) is 5.47. The van der Waals surface area contributed by atoms with Crippen molar-refractivity contribution >= 4 is 11.9 Å². The predicted molar refractivity (Wildman–Crippen MR) is 129 cm³/mol. The number of rotatable bonds is 12. The molecule has 0 radical (unpaired) electrons. The SMILES string of the molecule is COC(=O)COc1ccc(C(=O)N(C)CCCCCc2cc(-c3ccccc3)n[nH]2)cc1OC. The van der Waals surface area contributed by atoms with E-state index in [1.54, 1.807) is 30.1 Å². The summed E-state index contributed by atoms with van der Waals surface area (Å²) in [5.41, 5.74) is 3.67. The fourth-order valence-electron chi connectivity index (χ4n) is 3.53. The summed E-state index contributed by atoms with van der Waals surface area (Å²) in [7, 11) is 4.57. The number of carbonyl (C=O) groups excluding carboxylic acids is 2. The molecule has 34 heavy (non-hydrogen) atoms. The molecule has 0 saturated heterocycles. The van der Waals surface area contributed by atoms with Crippen LogP contribution in [0.15, 0.2) is 54.6 Å². The average molecular weight is 466 g/mol. The van der Waals surface area contributed by atoms with Crippen molar-refractivity contribution in [2.75, 3.05) is 34.4 Å². The number of carbonyl (C=O) groups is 2. The van der Waals surface area contributed by atoms with E-state index in [2.05, 4.69) is 21.0 Å². The summed E-state index contributed by atoms with van der Waals surface area (Å²) in [5, 5.41) is 7.51. The van der Waals surface area contributed by atoms with Crippen LogP contribution in [0.1, 0.15) is 35.3 Å². The maximum atomic E-state index is 12.8. The molecule has 1 heterocycles. The second-order valence-electron chi connectivity index (χ2n) is 7.91. The molecular weight excluding hydrogens is 434 g/mol. The molecule has 3 aromatic rings. The Labute approximate surface area is 199 Å². The molecule has 180 valence electrons. The molecule has 0 bridgehead atoms. The van der Waals surface area contributed by atoms with E-state index in [0.717, 1.165) is 42.6 Å². The van der Waals surface area contributed by atoms with Gasteiger partial charge >= 0.3 is 5.97 Å². The van der Waals surface area contributed by atoms with E-state index in [-0.39, 0.29) is 12.5 Å². The first-order valence-corrected chi connectivity index (χ1v) is 11.2. The number of aryl methyl sites for hydroxylation is 1. The zero-order valence-electron chi connectivity index (χ0n) is 19.9. The molecule has 3 rings (SSSR count). The normalized spacial score (nSPS) is 10.6. The van der Waals surface area contributed by atoms with Gasteiger partial charge < -0.3 is 19.1 Å². The number of hydrogen-bond donors (Lipinski definition) is 1. The van der Waals surface area contributed by atoms with Gasteiger partial charge in [0.25, 0.3) is 5.91 Å². The van der Waals surface area contributed by atoms with Gasteiger partial charge in [0.2, 0.25) is 0 Å². The van der Waals surface area contributed by atoms with Crippen LogP contribution >= 0.6 is 0 Å². The second kappa shape index (κ2) is 12.4. The number of ether oxygens (including phenoxy) is 3. The summed E-state index contributed by atoms with van der Waals surface area (Å²) in [4.78, 5) is 25.8. The molecule has 0 spiro atoms. The Morgan fingerprint density at radius 2 is 1.76 bits per heavy atom. The number of methoxy groups -OCH3 is 2. The lowest BCUT2D eigenvalue weighted by Gasteiger charge is -2.18. The zero-order chi connectivity index (χ0) is 24.3. The Morgan fingerprint density at radius 1 is 0.971 bits per heavy atom. The summed E-state index contributed by atoms with van der Waals surface area (Å²) in [6.45, 7) is 0.423. The monoisotopic (exact) mass is 465 g/mol. The summed E-state index contributed by atoms with van der Waals surface area (Å²) >= 11 is 0. The minimum Gasteiger partial charge on any atom is -0.493 e. The summed E-state index contributed by atoms with van der Waals surface area (Å²) in [6.07, 6.45) is 3.83. The van der Waals surface area contributed by atoms with Crippen LogP contribution in [0, 0.1) is 0 Å². The van der Waals surface area contributed by atoms with Crippen LogP contribution in [0.5, 0.6) is 11.5 Å². The van der Waals surface area contributed by atoms with Gasteiger partial charge in [-0.05, 0) is 43.5 Å². The van der Waals surface area contributed by atoms with E-state index >= 15 is 0 Å². The van der Waals surface area contributed by atoms with E-state index in [1.807, 2.05) is 30.3 Å². The number of aromatic nitrogens is 2. The fraction of sp³-hybridized carbons (Fsp3) is 0.346. The van der Waals surface area contributed by atoms with Gasteiger partial charge in [0, 0.05) is 30.4 Å². The number of benzene rings is 2. The van der Waals surface area contributed by atoms with Crippen molar-refractivity contribution < 1.29 is 23.8 Å². The Balaban J connectivity index is 1.43. The number of aromatic amines is 1. The lowest BCUT2D eigenvalue weighted by Crippen LogP contribution is -2.27. The molecule has 0 aliphatic heterocycles. The molecule has 8 nitrogen and oxygen atoms in total. The van der Waals surface area contributed by atoms with Gasteiger partial charge in [-0.1, -0.05) is 36.8 Å². The minimum atomic E-state index is -0.494. The number of nitrogens with one attached hydrogen (secondary N) is 1. The van der Waals surface area contributed by atoms with Gasteiger partial charge in [0.15, 0.2) is 18.1 Å². The molecule has 1 amide bonds. The Kier molecular flexibility index (Phi) is 9.08. The van der Waals surface area contributed by atoms with Crippen molar-refractivity contribution in [3.63, 3.8) is 0 Å². The molecule has 1 aromatic heterocycles. The van der Waals surface area contributed by atoms with E-state index in [4.69, 9.17) is 9.47 Å². The maximum Gasteiger partial charge on any atom is 0.343 e. The summed E-state index contributed by atoms with van der Waals surface area (Å²) < 4.78 is 15.3. The van der Waals surface area contributed by atoms with Crippen LogP contribution in [0.3, 0.4) is 0 Å². The zero-order valence-corrected chi connectivity index (χ0v) is 19.9. The van der Waals surface area contributed by atoms with Crippen molar-refractivity contribution in [2.24, 2.45) is 0 Å². The number of H-pyrrole nitrogens is 1. The number of nitrogens with zero attached hydrogens (tertiary/aromatic N) is 2. The van der Waals surface area contributed by atoms with Crippen molar-refractivity contribution in [1.82, 2.24) is 15.1 Å². The molecule has 0 fully saturated rings. The quantitative estimate of drug-likeness (QED) is 0.319. The minimum absolute atomic E-state index is 0.0983. The van der Waals surface area contributed by atoms with E-state index < -0.39 is 5.97 Å². The predicted octanol–water partition coefficient (Wildman–Crippen LogP) is 4.12. The average Bonchev–Trinajstić information content (AvgIpc) is 3.35. The lowest BCUT2D eigenvalue weighted by molar-refractivity contribution is -0.142. The van der Waals surface area contributed by atoms with Crippen LogP contribution in [0.2, 0.25) is 0 Å². The van der Waals surface area contributed by atoms with Crippen LogP contribution in [0.4, 0.5) is 0 Å². The molecule has 0 aliphatic carbocycles. The van der Waals surface area contributed by atoms with Gasteiger partial charge in [-0.2, -0.15) is 5.10 Å². The summed E-state index contributed by atoms with van der Waals surface area (Å²) in [6, 6.07) is 17.1. The third kappa shape index (κ3) is 6.84. The highest BCUT2D eigenvalue weighted by atomic mass is 16.6. The first-order valence-electron chi connectivity index (χ1n) is 11.2. The Hall–Kier alpha value is -3.81. The van der Waals surface area contributed by atoms with Crippen molar-refractivity contribution in [3.8, 4) is 22.8 Å². The fourth-order valence-corrected chi connectivity index (χ4v) is 3.53. The smallest absolute Gasteiger partial charge is 0.343 e. The largest absolute Gasteiger partial charge is 0.493 e. The standard InChI is InChI=1S/C26H31N3O5/c1-29(26(31)20-13-14-23(24(16-20)32-2)34-18-25(30)33-3)15-9-5-8-12-21-17-22(28-27-21)19-10-6-4-7-11-19/h4,6-7,10-11,13-14,16-17H,5,8-9,12,15,18H2,1-3H3,(H,27,28). The molecule has 0 atom stereocenters. The molecule has 1 N–H and O–H groups in total. The molecule has 0 aliphatic rings. The van der Waals surface area contributed by atoms with Gasteiger partial charge in [-0.25, -0.2) is 4.79 Å². The van der Waals surface area contributed by atoms with Gasteiger partial charge in [0.1, 0.15) is 0 Å². The van der Waals surface area contributed by atoms with Crippen molar-refractivity contribution in [1.29, 1.82) is 0 Å². The van der Waals surface area contributed by atoms with Crippen molar-refractivity contribution in [3.05, 3.63) is 65.9 Å². The molecule has 2 aromatic carbocycles.